The van der Waals surface area contributed by atoms with Crippen LogP contribution in [-0.4, -0.2) is 51.2 Å². The van der Waals surface area contributed by atoms with Gasteiger partial charge in [0.2, 0.25) is 15.9 Å². The molecule has 2 aliphatic rings. The van der Waals surface area contributed by atoms with Gasteiger partial charge in [0.05, 0.1) is 12.0 Å². The summed E-state index contributed by atoms with van der Waals surface area (Å²) in [6.07, 6.45) is -0.546. The van der Waals surface area contributed by atoms with Gasteiger partial charge in [-0.3, -0.25) is 4.79 Å². The molecule has 11 heteroatoms. The molecule has 1 saturated carbocycles. The highest BCUT2D eigenvalue weighted by Crippen LogP contribution is 2.30. The zero-order valence-electron chi connectivity index (χ0n) is 16.3. The lowest BCUT2D eigenvalue weighted by Gasteiger charge is -2.31. The molecule has 1 heterocycles. The average Bonchev–Trinajstić information content (AvgIpc) is 3.49. The van der Waals surface area contributed by atoms with E-state index in [1.54, 1.807) is 0 Å². The second kappa shape index (κ2) is 8.84. The number of nitrogens with one attached hydrogen (secondary N) is 1. The number of piperidine rings is 1. The van der Waals surface area contributed by atoms with Gasteiger partial charge in [0, 0.05) is 31.1 Å². The number of carbonyl (C=O) groups excluding carboxylic acids is 1. The molecule has 1 saturated heterocycles. The van der Waals surface area contributed by atoms with Crippen LogP contribution >= 0.6 is 0 Å². The molecule has 2 fully saturated rings. The van der Waals surface area contributed by atoms with E-state index >= 15 is 0 Å². The fourth-order valence-corrected chi connectivity index (χ4v) is 4.76. The minimum Gasteiger partial charge on any atom is -0.501 e. The van der Waals surface area contributed by atoms with Crippen LogP contribution in [0.2, 0.25) is 0 Å². The van der Waals surface area contributed by atoms with Gasteiger partial charge >= 0.3 is 6.36 Å². The predicted molar refractivity (Wildman–Crippen MR) is 101 cm³/mol. The monoisotopic (exact) mass is 448 g/mol. The average molecular weight is 448 g/mol. The molecule has 0 spiro atoms. The van der Waals surface area contributed by atoms with Gasteiger partial charge in [-0.25, -0.2) is 8.42 Å². The highest BCUT2D eigenvalue weighted by Gasteiger charge is 2.33. The molecule has 0 unspecified atom stereocenters. The maximum atomic E-state index is 12.8. The maximum Gasteiger partial charge on any atom is 0.573 e. The molecule has 0 bridgehead atoms. The molecule has 1 aromatic carbocycles. The zero-order chi connectivity index (χ0) is 21.9. The molecular formula is C19H23F3N2O5S. The van der Waals surface area contributed by atoms with Crippen LogP contribution in [0.4, 0.5) is 13.2 Å². The number of benzene rings is 1. The van der Waals surface area contributed by atoms with E-state index in [2.05, 4.69) is 10.1 Å². The fourth-order valence-electron chi connectivity index (χ4n) is 3.29. The Morgan fingerprint density at radius 1 is 1.13 bits per heavy atom. The first-order valence-electron chi connectivity index (χ1n) is 9.50. The standard InChI is InChI=1S/C19H23F3N2O5S/c1-28-17(12-18(25)23-14-2-3-14)13-8-10-24(11-9-13)30(26,27)16-6-4-15(5-7-16)29-19(20,21)22/h4-7,12-14H,2-3,8-11H2,1H3,(H,23,25)/b17-12-. The van der Waals surface area contributed by atoms with Gasteiger partial charge in [0.25, 0.3) is 0 Å². The van der Waals surface area contributed by atoms with Crippen LogP contribution in [0.3, 0.4) is 0 Å². The number of ether oxygens (including phenoxy) is 2. The number of hydrogen-bond donors (Lipinski definition) is 1. The molecule has 0 radical (unpaired) electrons. The zero-order valence-corrected chi connectivity index (χ0v) is 17.1. The van der Waals surface area contributed by atoms with Crippen molar-refractivity contribution in [3.05, 3.63) is 36.1 Å². The summed E-state index contributed by atoms with van der Waals surface area (Å²) in [7, 11) is -2.38. The van der Waals surface area contributed by atoms with E-state index in [0.717, 1.165) is 37.1 Å². The summed E-state index contributed by atoms with van der Waals surface area (Å²) in [4.78, 5) is 11.9. The van der Waals surface area contributed by atoms with E-state index in [4.69, 9.17) is 4.74 Å². The van der Waals surface area contributed by atoms with Crippen LogP contribution in [-0.2, 0) is 19.6 Å². The maximum absolute atomic E-state index is 12.8. The van der Waals surface area contributed by atoms with E-state index in [1.165, 1.54) is 17.5 Å². The van der Waals surface area contributed by atoms with Gasteiger partial charge in [-0.15, -0.1) is 13.2 Å². The van der Waals surface area contributed by atoms with Crippen molar-refractivity contribution in [2.75, 3.05) is 20.2 Å². The molecule has 1 aliphatic heterocycles. The van der Waals surface area contributed by atoms with Gasteiger partial charge in [-0.1, -0.05) is 0 Å². The minimum atomic E-state index is -4.84. The Morgan fingerprint density at radius 2 is 1.73 bits per heavy atom. The van der Waals surface area contributed by atoms with Gasteiger partial charge in [0.15, 0.2) is 0 Å². The first-order chi connectivity index (χ1) is 14.1. The van der Waals surface area contributed by atoms with Crippen LogP contribution in [0.5, 0.6) is 5.75 Å². The van der Waals surface area contributed by atoms with Gasteiger partial charge < -0.3 is 14.8 Å². The Morgan fingerprint density at radius 3 is 2.23 bits per heavy atom. The van der Waals surface area contributed by atoms with Crippen molar-refractivity contribution >= 4 is 15.9 Å². The molecule has 1 aromatic rings. The summed E-state index contributed by atoms with van der Waals surface area (Å²) in [5.74, 6) is -0.280. The number of amides is 1. The normalized spacial score (nSPS) is 19.4. The van der Waals surface area contributed by atoms with Crippen molar-refractivity contribution < 1.29 is 35.9 Å². The number of methoxy groups -OCH3 is 1. The van der Waals surface area contributed by atoms with Crippen molar-refractivity contribution in [1.29, 1.82) is 0 Å². The van der Waals surface area contributed by atoms with Crippen LogP contribution < -0.4 is 10.1 Å². The third-order valence-electron chi connectivity index (χ3n) is 4.98. The molecule has 1 aliphatic carbocycles. The van der Waals surface area contributed by atoms with Crippen molar-refractivity contribution in [3.63, 3.8) is 0 Å². The van der Waals surface area contributed by atoms with Gasteiger partial charge in [-0.05, 0) is 49.9 Å². The first kappa shape index (κ1) is 22.4. The number of carbonyl (C=O) groups is 1. The van der Waals surface area contributed by atoms with Crippen LogP contribution in [0.25, 0.3) is 0 Å². The summed E-state index contributed by atoms with van der Waals surface area (Å²) in [6.45, 7) is 0.414. The number of sulfonamides is 1. The summed E-state index contributed by atoms with van der Waals surface area (Å²) in [6, 6.07) is 4.34. The predicted octanol–water partition coefficient (Wildman–Crippen LogP) is 2.79. The Bertz CT molecular complexity index is 888. The summed E-state index contributed by atoms with van der Waals surface area (Å²) in [5.41, 5.74) is 0. The first-order valence-corrected chi connectivity index (χ1v) is 10.9. The quantitative estimate of drug-likeness (QED) is 0.512. The molecule has 1 amide bonds. The topological polar surface area (TPSA) is 84.9 Å². The third kappa shape index (κ3) is 5.88. The number of hydrogen-bond acceptors (Lipinski definition) is 5. The molecule has 166 valence electrons. The van der Waals surface area contributed by atoms with Crippen molar-refractivity contribution in [1.82, 2.24) is 9.62 Å². The Balaban J connectivity index is 1.61. The van der Waals surface area contributed by atoms with Crippen molar-refractivity contribution in [2.45, 2.75) is 43.0 Å². The lowest BCUT2D eigenvalue weighted by Crippen LogP contribution is -2.39. The highest BCUT2D eigenvalue weighted by atomic mass is 32.2. The Kier molecular flexibility index (Phi) is 6.61. The molecule has 0 aromatic heterocycles. The highest BCUT2D eigenvalue weighted by molar-refractivity contribution is 7.89. The number of alkyl halides is 3. The molecule has 30 heavy (non-hydrogen) atoms. The van der Waals surface area contributed by atoms with E-state index in [-0.39, 0.29) is 35.9 Å². The van der Waals surface area contributed by atoms with Crippen LogP contribution in [0.15, 0.2) is 41.0 Å². The summed E-state index contributed by atoms with van der Waals surface area (Å²) < 4.78 is 72.7. The summed E-state index contributed by atoms with van der Waals surface area (Å²) >= 11 is 0. The Hall–Kier alpha value is -2.27. The van der Waals surface area contributed by atoms with Crippen LogP contribution in [0, 0.1) is 5.92 Å². The molecule has 1 N–H and O–H groups in total. The number of halogens is 3. The summed E-state index contributed by atoms with van der Waals surface area (Å²) in [5, 5.41) is 2.85. The minimum absolute atomic E-state index is 0.0889. The second-order valence-corrected chi connectivity index (χ2v) is 9.17. The number of rotatable bonds is 7. The Labute approximate surface area is 172 Å². The lowest BCUT2D eigenvalue weighted by atomic mass is 9.95. The SMILES string of the molecule is CO/C(=C\C(=O)NC1CC1)C1CCN(S(=O)(=O)c2ccc(OC(F)(F)F)cc2)CC1. The molecule has 0 atom stereocenters. The van der Waals surface area contributed by atoms with Crippen LogP contribution in [0.1, 0.15) is 25.7 Å². The molecule has 3 rings (SSSR count). The third-order valence-corrected chi connectivity index (χ3v) is 6.90. The van der Waals surface area contributed by atoms with E-state index in [1.807, 2.05) is 0 Å². The lowest BCUT2D eigenvalue weighted by molar-refractivity contribution is -0.274. The van der Waals surface area contributed by atoms with E-state index in [9.17, 15) is 26.4 Å². The molecule has 7 nitrogen and oxygen atoms in total. The van der Waals surface area contributed by atoms with E-state index in [0.29, 0.717) is 18.6 Å². The van der Waals surface area contributed by atoms with Crippen molar-refractivity contribution in [3.8, 4) is 5.75 Å². The van der Waals surface area contributed by atoms with Gasteiger partial charge in [0.1, 0.15) is 11.5 Å². The largest absolute Gasteiger partial charge is 0.573 e. The fraction of sp³-hybridized carbons (Fsp3) is 0.526. The van der Waals surface area contributed by atoms with Gasteiger partial charge in [-0.2, -0.15) is 4.31 Å². The van der Waals surface area contributed by atoms with Crippen molar-refractivity contribution in [2.24, 2.45) is 5.92 Å². The van der Waals surface area contributed by atoms with E-state index < -0.39 is 22.1 Å². The molecular weight excluding hydrogens is 425 g/mol. The number of nitrogens with zero attached hydrogens (tertiary/aromatic N) is 1. The smallest absolute Gasteiger partial charge is 0.501 e. The number of allylic oxidation sites excluding steroid dienone is 1. The second-order valence-electron chi connectivity index (χ2n) is 7.23.